The fourth-order valence-electron chi connectivity index (χ4n) is 2.86. The number of nitrogens with zero attached hydrogens (tertiary/aromatic N) is 2. The lowest BCUT2D eigenvalue weighted by Gasteiger charge is -2.18. The van der Waals surface area contributed by atoms with Gasteiger partial charge in [0.25, 0.3) is 0 Å². The van der Waals surface area contributed by atoms with Gasteiger partial charge in [-0.25, -0.2) is 0 Å². The molecular weight excluding hydrogens is 359 g/mol. The third kappa shape index (κ3) is 4.08. The van der Waals surface area contributed by atoms with Crippen molar-refractivity contribution in [3.63, 3.8) is 0 Å². The van der Waals surface area contributed by atoms with Gasteiger partial charge in [0, 0.05) is 24.3 Å². The third-order valence-electron chi connectivity index (χ3n) is 4.26. The number of anilines is 2. The van der Waals surface area contributed by atoms with Crippen LogP contribution in [0.3, 0.4) is 0 Å². The molecule has 0 bridgehead atoms. The summed E-state index contributed by atoms with van der Waals surface area (Å²) in [4.78, 5) is 25.8. The van der Waals surface area contributed by atoms with Crippen LogP contribution in [0.25, 0.3) is 0 Å². The molecule has 0 radical (unpaired) electrons. The number of benzene rings is 2. The Hall–Kier alpha value is -3.34. The molecule has 3 rings (SSSR count). The highest BCUT2D eigenvalue weighted by Crippen LogP contribution is 2.33. The van der Waals surface area contributed by atoms with Gasteiger partial charge in [0.15, 0.2) is 0 Å². The van der Waals surface area contributed by atoms with Crippen molar-refractivity contribution in [1.82, 2.24) is 0 Å². The number of halogens is 3. The molecule has 8 heteroatoms. The topological polar surface area (TPSA) is 73.2 Å². The van der Waals surface area contributed by atoms with E-state index in [0.717, 1.165) is 12.1 Å². The highest BCUT2D eigenvalue weighted by Gasteiger charge is 2.36. The Balaban J connectivity index is 1.71. The molecule has 1 saturated heterocycles. The third-order valence-corrected chi connectivity index (χ3v) is 4.26. The summed E-state index contributed by atoms with van der Waals surface area (Å²) in [6, 6.07) is 12.7. The zero-order chi connectivity index (χ0) is 19.6. The van der Waals surface area contributed by atoms with Gasteiger partial charge in [-0.15, -0.1) is 0 Å². The van der Waals surface area contributed by atoms with E-state index in [0.29, 0.717) is 11.3 Å². The molecule has 0 aliphatic carbocycles. The minimum Gasteiger partial charge on any atom is -0.326 e. The fraction of sp³-hybridized carbons (Fsp3) is 0.211. The van der Waals surface area contributed by atoms with Crippen LogP contribution in [0.5, 0.6) is 0 Å². The average Bonchev–Trinajstić information content (AvgIpc) is 3.04. The lowest BCUT2D eigenvalue weighted by molar-refractivity contribution is -0.137. The van der Waals surface area contributed by atoms with E-state index in [9.17, 15) is 22.8 Å². The second kappa shape index (κ2) is 7.11. The van der Waals surface area contributed by atoms with Crippen LogP contribution < -0.4 is 10.2 Å². The number of alkyl halides is 3. The summed E-state index contributed by atoms with van der Waals surface area (Å²) in [7, 11) is 0. The monoisotopic (exact) mass is 373 g/mol. The molecule has 0 aromatic heterocycles. The van der Waals surface area contributed by atoms with Gasteiger partial charge >= 0.3 is 6.18 Å². The van der Waals surface area contributed by atoms with Crippen molar-refractivity contribution in [3.8, 4) is 6.07 Å². The minimum atomic E-state index is -4.51. The molecule has 27 heavy (non-hydrogen) atoms. The zero-order valence-corrected chi connectivity index (χ0v) is 14.0. The van der Waals surface area contributed by atoms with Gasteiger partial charge < -0.3 is 10.2 Å². The number of nitriles is 1. The van der Waals surface area contributed by atoms with Crippen LogP contribution in [0.1, 0.15) is 17.5 Å². The predicted molar refractivity (Wildman–Crippen MR) is 91.7 cm³/mol. The highest BCUT2D eigenvalue weighted by atomic mass is 19.4. The molecule has 2 aromatic rings. The van der Waals surface area contributed by atoms with Crippen LogP contribution >= 0.6 is 0 Å². The van der Waals surface area contributed by atoms with Gasteiger partial charge in [0.2, 0.25) is 11.8 Å². The molecule has 2 aromatic carbocycles. The number of carbonyl (C=O) groups excluding carboxylic acids is 2. The van der Waals surface area contributed by atoms with Crippen molar-refractivity contribution < 1.29 is 22.8 Å². The van der Waals surface area contributed by atoms with Crippen LogP contribution in [0, 0.1) is 17.2 Å². The van der Waals surface area contributed by atoms with Gasteiger partial charge in [-0.05, 0) is 42.5 Å². The first kappa shape index (κ1) is 18.5. The normalized spacial score (nSPS) is 16.9. The molecule has 5 nitrogen and oxygen atoms in total. The molecule has 1 heterocycles. The van der Waals surface area contributed by atoms with E-state index in [1.807, 2.05) is 6.07 Å². The van der Waals surface area contributed by atoms with E-state index in [1.165, 1.54) is 17.0 Å². The maximum Gasteiger partial charge on any atom is 0.416 e. The summed E-state index contributed by atoms with van der Waals surface area (Å²) in [6.45, 7) is 0.00224. The number of hydrogen-bond donors (Lipinski definition) is 1. The minimum absolute atomic E-state index is 0.00224. The fourth-order valence-corrected chi connectivity index (χ4v) is 2.86. The smallest absolute Gasteiger partial charge is 0.326 e. The van der Waals surface area contributed by atoms with Gasteiger partial charge in [0.05, 0.1) is 23.1 Å². The standard InChI is InChI=1S/C19H14F3N3O2/c20-19(21,22)14-2-1-3-16(9-14)25-11-13(8-17(25)26)18(27)24-15-6-4-12(10-23)5-7-15/h1-7,9,13H,8,11H2,(H,24,27)/t13-/m0/s1. The quantitative estimate of drug-likeness (QED) is 0.894. The van der Waals surface area contributed by atoms with Crippen molar-refractivity contribution in [3.05, 3.63) is 59.7 Å². The molecule has 0 unspecified atom stereocenters. The summed E-state index contributed by atoms with van der Waals surface area (Å²) >= 11 is 0. The Morgan fingerprint density at radius 3 is 2.52 bits per heavy atom. The molecular formula is C19H14F3N3O2. The van der Waals surface area contributed by atoms with Gasteiger partial charge in [-0.2, -0.15) is 18.4 Å². The predicted octanol–water partition coefficient (Wildman–Crippen LogP) is 3.57. The number of carbonyl (C=O) groups is 2. The average molecular weight is 373 g/mol. The van der Waals surface area contributed by atoms with E-state index < -0.39 is 29.5 Å². The van der Waals surface area contributed by atoms with E-state index in [2.05, 4.69) is 5.32 Å². The Morgan fingerprint density at radius 2 is 1.89 bits per heavy atom. The SMILES string of the molecule is N#Cc1ccc(NC(=O)[C@H]2CC(=O)N(c3cccc(C(F)(F)F)c3)C2)cc1. The Morgan fingerprint density at radius 1 is 1.19 bits per heavy atom. The number of hydrogen-bond acceptors (Lipinski definition) is 3. The van der Waals surface area contributed by atoms with Crippen molar-refractivity contribution in [2.75, 3.05) is 16.8 Å². The van der Waals surface area contributed by atoms with E-state index in [4.69, 9.17) is 5.26 Å². The molecule has 1 fully saturated rings. The summed E-state index contributed by atoms with van der Waals surface area (Å²) in [5.41, 5.74) is 0.186. The van der Waals surface area contributed by atoms with E-state index in [-0.39, 0.29) is 18.7 Å². The Labute approximate surface area is 153 Å². The van der Waals surface area contributed by atoms with Crippen LogP contribution in [0.4, 0.5) is 24.5 Å². The maximum absolute atomic E-state index is 12.9. The van der Waals surface area contributed by atoms with Crippen molar-refractivity contribution >= 4 is 23.2 Å². The molecule has 0 saturated carbocycles. The molecule has 2 amide bonds. The first-order valence-electron chi connectivity index (χ1n) is 8.06. The van der Waals surface area contributed by atoms with Gasteiger partial charge in [-0.1, -0.05) is 6.07 Å². The maximum atomic E-state index is 12.9. The first-order valence-corrected chi connectivity index (χ1v) is 8.06. The summed E-state index contributed by atoms with van der Waals surface area (Å²) in [6.07, 6.45) is -4.59. The lowest BCUT2D eigenvalue weighted by atomic mass is 10.1. The van der Waals surface area contributed by atoms with Crippen LogP contribution in [-0.2, 0) is 15.8 Å². The van der Waals surface area contributed by atoms with E-state index in [1.54, 1.807) is 24.3 Å². The molecule has 138 valence electrons. The van der Waals surface area contributed by atoms with Crippen molar-refractivity contribution in [2.45, 2.75) is 12.6 Å². The molecule has 1 N–H and O–H groups in total. The molecule has 0 spiro atoms. The number of rotatable bonds is 3. The van der Waals surface area contributed by atoms with Crippen LogP contribution in [0.15, 0.2) is 48.5 Å². The summed E-state index contributed by atoms with van der Waals surface area (Å²) < 4.78 is 38.6. The lowest BCUT2D eigenvalue weighted by Crippen LogP contribution is -2.28. The van der Waals surface area contributed by atoms with Crippen molar-refractivity contribution in [1.29, 1.82) is 5.26 Å². The van der Waals surface area contributed by atoms with Crippen molar-refractivity contribution in [2.24, 2.45) is 5.92 Å². The Kier molecular flexibility index (Phi) is 4.86. The highest BCUT2D eigenvalue weighted by molar-refractivity contribution is 6.03. The largest absolute Gasteiger partial charge is 0.416 e. The summed E-state index contributed by atoms with van der Waals surface area (Å²) in [5, 5.41) is 11.4. The number of nitrogens with one attached hydrogen (secondary N) is 1. The van der Waals surface area contributed by atoms with E-state index >= 15 is 0 Å². The first-order chi connectivity index (χ1) is 12.8. The van der Waals surface area contributed by atoms with Gasteiger partial charge in [0.1, 0.15) is 0 Å². The molecule has 1 aliphatic heterocycles. The summed E-state index contributed by atoms with van der Waals surface area (Å²) in [5.74, 6) is -1.49. The second-order valence-electron chi connectivity index (χ2n) is 6.13. The molecule has 1 atom stereocenters. The molecule has 1 aliphatic rings. The van der Waals surface area contributed by atoms with Crippen LogP contribution in [0.2, 0.25) is 0 Å². The second-order valence-corrected chi connectivity index (χ2v) is 6.13. The van der Waals surface area contributed by atoms with Crippen LogP contribution in [-0.4, -0.2) is 18.4 Å². The number of amides is 2. The Bertz CT molecular complexity index is 917. The van der Waals surface area contributed by atoms with Gasteiger partial charge in [-0.3, -0.25) is 9.59 Å². The zero-order valence-electron chi connectivity index (χ0n) is 14.0.